The first-order valence-electron chi connectivity index (χ1n) is 10.7. The summed E-state index contributed by atoms with van der Waals surface area (Å²) in [6, 6.07) is 0. The van der Waals surface area contributed by atoms with Gasteiger partial charge in [-0.3, -0.25) is 4.79 Å². The third-order valence-electron chi connectivity index (χ3n) is 4.08. The molecular weight excluding hydrogens is 513 g/mol. The zero-order chi connectivity index (χ0) is 24.1. The third-order valence-corrected chi connectivity index (χ3v) is 4.54. The van der Waals surface area contributed by atoms with Crippen molar-refractivity contribution >= 4 is 33.3 Å². The second-order valence-electron chi connectivity index (χ2n) is 6.91. The predicted octanol–water partition coefficient (Wildman–Crippen LogP) is -2.41. The van der Waals surface area contributed by atoms with E-state index in [0.717, 1.165) is 19.3 Å². The molecule has 12 heteroatoms. The van der Waals surface area contributed by atoms with Gasteiger partial charge in [-0.1, -0.05) is 64.2 Å². The van der Waals surface area contributed by atoms with E-state index in [9.17, 15) is 23.9 Å². The Morgan fingerprint density at radius 3 is 1.97 bits per heavy atom. The molecule has 0 aliphatic carbocycles. The number of unbranched alkanes of at least 4 members (excludes halogenated alkanes) is 8. The minimum atomic E-state index is -5.27. The van der Waals surface area contributed by atoms with Crippen molar-refractivity contribution in [1.82, 2.24) is 0 Å². The molecule has 0 saturated carbocycles. The number of esters is 2. The molecule has 0 aromatic carbocycles. The van der Waals surface area contributed by atoms with Gasteiger partial charge >= 0.3 is 71.1 Å². The third kappa shape index (κ3) is 32.1. The monoisotopic (exact) mass is 556 g/mol. The number of hydrogen-bond donors (Lipinski definition) is 0. The Bertz CT molecular complexity index is 821. The van der Waals surface area contributed by atoms with Crippen LogP contribution >= 0.6 is 21.3 Å². The Kier molecular flexibility index (Phi) is 34.5. The zero-order valence-corrected chi connectivity index (χ0v) is 27.2. The molecular formula is C23H43Na2O8PS. The van der Waals surface area contributed by atoms with Crippen LogP contribution in [-0.2, 0) is 28.2 Å². The molecule has 0 unspecified atom stereocenters. The van der Waals surface area contributed by atoms with Crippen LogP contribution in [0.15, 0.2) is 0 Å². The van der Waals surface area contributed by atoms with E-state index in [1.807, 2.05) is 0 Å². The normalized spacial score (nSPS) is 10.1. The Balaban J connectivity index is -0.000000172. The van der Waals surface area contributed by atoms with E-state index in [1.54, 1.807) is 6.92 Å². The summed E-state index contributed by atoms with van der Waals surface area (Å²) in [4.78, 5) is 45.0. The average Bonchev–Trinajstić information content (AvgIpc) is 2.73. The maximum Gasteiger partial charge on any atom is 1.00 e. The molecule has 35 heavy (non-hydrogen) atoms. The molecule has 0 spiro atoms. The van der Waals surface area contributed by atoms with E-state index < -0.39 is 39.1 Å². The zero-order valence-electron chi connectivity index (χ0n) is 21.3. The fourth-order valence-electron chi connectivity index (χ4n) is 2.53. The summed E-state index contributed by atoms with van der Waals surface area (Å²) >= 11 is 0. The molecule has 0 aliphatic heterocycles. The van der Waals surface area contributed by atoms with E-state index in [-0.39, 0.29) is 86.2 Å². The molecule has 0 aliphatic rings. The van der Waals surface area contributed by atoms with Crippen molar-refractivity contribution in [2.24, 2.45) is 0 Å². The number of phosphoric acid groups is 1. The fourth-order valence-corrected chi connectivity index (χ4v) is 2.88. The maximum atomic E-state index is 12.0. The summed E-state index contributed by atoms with van der Waals surface area (Å²) in [5.74, 6) is 12.4. The second-order valence-corrected chi connectivity index (χ2v) is 8.06. The first-order valence-corrected chi connectivity index (χ1v) is 12.2. The standard InChI is InChI=1S/C23H33O8P.2Na.H2S.5H2/c1-3-5-7-9-10-11-12-14-16-18-23(25)31-21(20-30-32(26,27)28)19-29-22(24)17-15-13-8-6-4-2;;;;;;;;/h21H,3,5,7,9-12,14,16,18-20H2,1-2H3,(H2,26,27,28);;;1H2;5*1H/q;2*+1;;;;;;/p-2/t21-;;;;;;;;/m1......../s1. The number of phosphoric ester groups is 1. The molecule has 0 heterocycles. The Morgan fingerprint density at radius 2 is 1.43 bits per heavy atom. The SMILES string of the molecule is CC#CC#CC#CC(=O)OC[C@H](COP(=O)([O-])[O-])OC(=O)CCCCCCCCCCC.S.[HH].[HH].[HH].[HH].[HH].[Na+].[Na+]. The number of rotatable bonds is 16. The van der Waals surface area contributed by atoms with Gasteiger partial charge in [-0.2, -0.15) is 13.5 Å². The van der Waals surface area contributed by atoms with Crippen molar-refractivity contribution in [3.8, 4) is 35.5 Å². The van der Waals surface area contributed by atoms with Crippen molar-refractivity contribution < 1.29 is 104 Å². The molecule has 8 nitrogen and oxygen atoms in total. The van der Waals surface area contributed by atoms with Gasteiger partial charge in [0.05, 0.1) is 14.4 Å². The second kappa shape index (κ2) is 28.6. The summed E-state index contributed by atoms with van der Waals surface area (Å²) < 4.78 is 24.7. The Labute approximate surface area is 268 Å². The average molecular weight is 557 g/mol. The van der Waals surface area contributed by atoms with Gasteiger partial charge in [-0.05, 0) is 37.0 Å². The van der Waals surface area contributed by atoms with E-state index in [4.69, 9.17) is 9.47 Å². The van der Waals surface area contributed by atoms with Crippen molar-refractivity contribution in [3.63, 3.8) is 0 Å². The molecule has 0 bridgehead atoms. The molecule has 0 amide bonds. The Morgan fingerprint density at radius 1 is 0.886 bits per heavy atom. The molecule has 0 saturated heterocycles. The van der Waals surface area contributed by atoms with Crippen LogP contribution in [0.4, 0.5) is 0 Å². The number of ether oxygens (including phenoxy) is 2. The van der Waals surface area contributed by atoms with E-state index in [1.165, 1.54) is 32.1 Å². The van der Waals surface area contributed by atoms with Crippen molar-refractivity contribution in [1.29, 1.82) is 0 Å². The number of carbonyl (C=O) groups excluding carboxylic acids is 2. The summed E-state index contributed by atoms with van der Waals surface area (Å²) in [5.41, 5.74) is 0. The fraction of sp³-hybridized carbons (Fsp3) is 0.652. The van der Waals surface area contributed by atoms with Gasteiger partial charge in [0.25, 0.3) is 0 Å². The minimum Gasteiger partial charge on any atom is -0.790 e. The van der Waals surface area contributed by atoms with E-state index in [0.29, 0.717) is 6.42 Å². The number of carbonyl (C=O) groups is 2. The van der Waals surface area contributed by atoms with Crippen molar-refractivity contribution in [3.05, 3.63) is 0 Å². The van der Waals surface area contributed by atoms with Crippen LogP contribution < -0.4 is 68.9 Å². The molecule has 196 valence electrons. The molecule has 0 N–H and O–H groups in total. The molecule has 0 radical (unpaired) electrons. The van der Waals surface area contributed by atoms with Gasteiger partial charge in [0.15, 0.2) is 6.10 Å². The summed E-state index contributed by atoms with van der Waals surface area (Å²) in [5, 5.41) is 0. The van der Waals surface area contributed by atoms with Crippen molar-refractivity contribution in [2.45, 2.75) is 84.2 Å². The van der Waals surface area contributed by atoms with Gasteiger partial charge in [0.2, 0.25) is 0 Å². The van der Waals surface area contributed by atoms with E-state index >= 15 is 0 Å². The Hall–Kier alpha value is 0.0800. The molecule has 0 rings (SSSR count). The van der Waals surface area contributed by atoms with Crippen LogP contribution in [0.25, 0.3) is 0 Å². The van der Waals surface area contributed by atoms with Crippen LogP contribution in [-0.4, -0.2) is 31.3 Å². The number of hydrogen-bond acceptors (Lipinski definition) is 8. The molecule has 0 aromatic heterocycles. The van der Waals surface area contributed by atoms with Crippen LogP contribution in [0, 0.1) is 35.5 Å². The minimum absolute atomic E-state index is 0. The van der Waals surface area contributed by atoms with Gasteiger partial charge in [0.1, 0.15) is 6.61 Å². The quantitative estimate of drug-likeness (QED) is 0.0514. The van der Waals surface area contributed by atoms with Gasteiger partial charge in [-0.25, -0.2) is 4.79 Å². The first-order chi connectivity index (χ1) is 15.3. The van der Waals surface area contributed by atoms with Crippen LogP contribution in [0.2, 0.25) is 0 Å². The molecule has 1 atom stereocenters. The van der Waals surface area contributed by atoms with Gasteiger partial charge < -0.3 is 28.3 Å². The molecule has 0 fully saturated rings. The van der Waals surface area contributed by atoms with Crippen LogP contribution in [0.5, 0.6) is 0 Å². The first kappa shape index (κ1) is 42.2. The van der Waals surface area contributed by atoms with Gasteiger partial charge in [-0.15, -0.1) is 0 Å². The molecule has 0 aromatic rings. The smallest absolute Gasteiger partial charge is 0.790 e. The summed E-state index contributed by atoms with van der Waals surface area (Å²) in [7, 11) is -5.27. The maximum absolute atomic E-state index is 12.0. The summed E-state index contributed by atoms with van der Waals surface area (Å²) in [6.45, 7) is 2.51. The largest absolute Gasteiger partial charge is 1.00 e. The van der Waals surface area contributed by atoms with Gasteiger partial charge in [0, 0.05) is 19.5 Å². The van der Waals surface area contributed by atoms with Crippen molar-refractivity contribution in [2.75, 3.05) is 13.2 Å². The van der Waals surface area contributed by atoms with E-state index in [2.05, 4.69) is 47.0 Å². The topological polar surface area (TPSA) is 125 Å². The summed E-state index contributed by atoms with van der Waals surface area (Å²) in [6.07, 6.45) is 8.63. The van der Waals surface area contributed by atoms with Crippen LogP contribution in [0.1, 0.15) is 85.2 Å². The van der Waals surface area contributed by atoms with Crippen LogP contribution in [0.3, 0.4) is 0 Å². The predicted molar refractivity (Wildman–Crippen MR) is 136 cm³/mol.